The van der Waals surface area contributed by atoms with Gasteiger partial charge in [-0.15, -0.1) is 0 Å². The molecule has 0 aromatic rings. The maximum absolute atomic E-state index is 11.5. The Kier molecular flexibility index (Phi) is 5.92. The average molecular weight is 201 g/mol. The molecule has 82 valence electrons. The topological polar surface area (TPSA) is 57.6 Å². The van der Waals surface area contributed by atoms with E-state index >= 15 is 0 Å². The highest BCUT2D eigenvalue weighted by Gasteiger charge is 2.14. The second-order valence-corrected chi connectivity index (χ2v) is 3.52. The van der Waals surface area contributed by atoms with Crippen molar-refractivity contribution in [3.63, 3.8) is 0 Å². The maximum Gasteiger partial charge on any atom is 0.303 e. The van der Waals surface area contributed by atoms with Crippen molar-refractivity contribution in [2.75, 3.05) is 6.54 Å². The summed E-state index contributed by atoms with van der Waals surface area (Å²) in [5.74, 6) is -0.797. The van der Waals surface area contributed by atoms with Crippen molar-refractivity contribution in [1.82, 2.24) is 4.90 Å². The van der Waals surface area contributed by atoms with Gasteiger partial charge in [-0.3, -0.25) is 9.59 Å². The molecule has 0 aliphatic heterocycles. The number of hydrogen-bond acceptors (Lipinski definition) is 2. The molecule has 0 saturated carbocycles. The van der Waals surface area contributed by atoms with E-state index in [0.717, 1.165) is 0 Å². The molecule has 0 saturated heterocycles. The van der Waals surface area contributed by atoms with Gasteiger partial charge in [0, 0.05) is 25.4 Å². The number of rotatable bonds is 6. The molecule has 4 heteroatoms. The molecule has 0 rings (SSSR count). The van der Waals surface area contributed by atoms with Crippen molar-refractivity contribution in [3.8, 4) is 0 Å². The van der Waals surface area contributed by atoms with Gasteiger partial charge in [-0.2, -0.15) is 0 Å². The van der Waals surface area contributed by atoms with Gasteiger partial charge in [0.2, 0.25) is 5.91 Å². The minimum absolute atomic E-state index is 0.0451. The average Bonchev–Trinajstić information content (AvgIpc) is 2.03. The summed E-state index contributed by atoms with van der Waals surface area (Å²) in [5.41, 5.74) is 0. The lowest BCUT2D eigenvalue weighted by Crippen LogP contribution is -2.36. The first kappa shape index (κ1) is 12.9. The summed E-state index contributed by atoms with van der Waals surface area (Å²) >= 11 is 0. The zero-order valence-electron chi connectivity index (χ0n) is 9.12. The van der Waals surface area contributed by atoms with Crippen LogP contribution in [0, 0.1) is 0 Å². The van der Waals surface area contributed by atoms with Crippen LogP contribution in [0.15, 0.2) is 0 Å². The third kappa shape index (κ3) is 4.84. The van der Waals surface area contributed by atoms with Crippen molar-refractivity contribution in [2.24, 2.45) is 0 Å². The second-order valence-electron chi connectivity index (χ2n) is 3.52. The van der Waals surface area contributed by atoms with E-state index in [2.05, 4.69) is 0 Å². The molecule has 14 heavy (non-hydrogen) atoms. The molecule has 0 aromatic heterocycles. The highest BCUT2D eigenvalue weighted by Crippen LogP contribution is 2.04. The van der Waals surface area contributed by atoms with Crippen LogP contribution < -0.4 is 0 Å². The van der Waals surface area contributed by atoms with E-state index in [1.54, 1.807) is 4.90 Å². The fourth-order valence-corrected chi connectivity index (χ4v) is 1.36. The lowest BCUT2D eigenvalue weighted by atomic mass is 10.2. The second kappa shape index (κ2) is 6.40. The van der Waals surface area contributed by atoms with Gasteiger partial charge < -0.3 is 10.0 Å². The molecule has 0 spiro atoms. The number of carbonyl (C=O) groups excluding carboxylic acids is 1. The van der Waals surface area contributed by atoms with E-state index in [1.807, 2.05) is 20.8 Å². The first-order valence-electron chi connectivity index (χ1n) is 5.00. The van der Waals surface area contributed by atoms with Gasteiger partial charge in [-0.1, -0.05) is 0 Å². The van der Waals surface area contributed by atoms with Crippen LogP contribution in [0.5, 0.6) is 0 Å². The zero-order chi connectivity index (χ0) is 11.1. The van der Waals surface area contributed by atoms with E-state index < -0.39 is 5.97 Å². The predicted molar refractivity (Wildman–Crippen MR) is 54.0 cm³/mol. The van der Waals surface area contributed by atoms with Gasteiger partial charge >= 0.3 is 5.97 Å². The minimum atomic E-state index is -0.842. The molecule has 0 aliphatic carbocycles. The van der Waals surface area contributed by atoms with Gasteiger partial charge in [0.1, 0.15) is 0 Å². The third-order valence-corrected chi connectivity index (χ3v) is 2.07. The number of carboxylic acid groups (broad SMARTS) is 1. The van der Waals surface area contributed by atoms with E-state index in [1.165, 1.54) is 0 Å². The molecule has 4 nitrogen and oxygen atoms in total. The van der Waals surface area contributed by atoms with E-state index in [9.17, 15) is 9.59 Å². The zero-order valence-corrected chi connectivity index (χ0v) is 9.12. The number of nitrogens with zero attached hydrogens (tertiary/aromatic N) is 1. The summed E-state index contributed by atoms with van der Waals surface area (Å²) < 4.78 is 0. The van der Waals surface area contributed by atoms with Gasteiger partial charge in [-0.25, -0.2) is 0 Å². The van der Waals surface area contributed by atoms with Crippen LogP contribution in [0.4, 0.5) is 0 Å². The number of hydrogen-bond donors (Lipinski definition) is 1. The van der Waals surface area contributed by atoms with Crippen LogP contribution in [-0.2, 0) is 9.59 Å². The molecule has 0 aliphatic rings. The summed E-state index contributed by atoms with van der Waals surface area (Å²) in [6, 6.07) is 0.192. The molecule has 0 atom stereocenters. The summed E-state index contributed by atoms with van der Waals surface area (Å²) in [5, 5.41) is 8.41. The standard InChI is InChI=1S/C10H19NO3/c1-4-11(8(2)3)9(12)6-5-7-10(13)14/h8H,4-7H2,1-3H3,(H,13,14). The fourth-order valence-electron chi connectivity index (χ4n) is 1.36. The Hall–Kier alpha value is -1.06. The van der Waals surface area contributed by atoms with Crippen LogP contribution in [-0.4, -0.2) is 34.5 Å². The van der Waals surface area contributed by atoms with Gasteiger partial charge in [0.05, 0.1) is 0 Å². The van der Waals surface area contributed by atoms with E-state index in [0.29, 0.717) is 19.4 Å². The first-order chi connectivity index (χ1) is 6.49. The van der Waals surface area contributed by atoms with Crippen molar-refractivity contribution >= 4 is 11.9 Å². The van der Waals surface area contributed by atoms with Crippen molar-refractivity contribution in [1.29, 1.82) is 0 Å². The molecule has 0 bridgehead atoms. The van der Waals surface area contributed by atoms with Crippen LogP contribution in [0.25, 0.3) is 0 Å². The van der Waals surface area contributed by atoms with E-state index in [-0.39, 0.29) is 18.4 Å². The predicted octanol–water partition coefficient (Wildman–Crippen LogP) is 1.50. The van der Waals surface area contributed by atoms with Gasteiger partial charge in [0.25, 0.3) is 0 Å². The molecule has 0 unspecified atom stereocenters. The molecule has 0 aromatic carbocycles. The number of carbonyl (C=O) groups is 2. The lowest BCUT2D eigenvalue weighted by Gasteiger charge is -2.25. The smallest absolute Gasteiger partial charge is 0.303 e. The molecule has 1 N–H and O–H groups in total. The SMILES string of the molecule is CCN(C(=O)CCCC(=O)O)C(C)C. The highest BCUT2D eigenvalue weighted by molar-refractivity contribution is 5.77. The number of carboxylic acids is 1. The van der Waals surface area contributed by atoms with Gasteiger partial charge in [-0.05, 0) is 27.2 Å². The van der Waals surface area contributed by atoms with Gasteiger partial charge in [0.15, 0.2) is 0 Å². The Morgan fingerprint density at radius 2 is 1.86 bits per heavy atom. The quantitative estimate of drug-likeness (QED) is 0.708. The molecular formula is C10H19NO3. The Bertz CT molecular complexity index is 202. The Morgan fingerprint density at radius 1 is 1.29 bits per heavy atom. The van der Waals surface area contributed by atoms with Crippen LogP contribution in [0.1, 0.15) is 40.0 Å². The lowest BCUT2D eigenvalue weighted by molar-refractivity contribution is -0.137. The Morgan fingerprint density at radius 3 is 2.21 bits per heavy atom. The van der Waals surface area contributed by atoms with Crippen molar-refractivity contribution < 1.29 is 14.7 Å². The normalized spacial score (nSPS) is 10.3. The molecule has 1 amide bonds. The number of aliphatic carboxylic acids is 1. The Labute approximate surface area is 84.9 Å². The Balaban J connectivity index is 3.87. The largest absolute Gasteiger partial charge is 0.481 e. The number of amides is 1. The van der Waals surface area contributed by atoms with Crippen LogP contribution in [0.3, 0.4) is 0 Å². The summed E-state index contributed by atoms with van der Waals surface area (Å²) in [7, 11) is 0. The molecule has 0 fully saturated rings. The molecular weight excluding hydrogens is 182 g/mol. The molecule has 0 radical (unpaired) electrons. The molecule has 0 heterocycles. The van der Waals surface area contributed by atoms with Crippen molar-refractivity contribution in [3.05, 3.63) is 0 Å². The van der Waals surface area contributed by atoms with E-state index in [4.69, 9.17) is 5.11 Å². The minimum Gasteiger partial charge on any atom is -0.481 e. The highest BCUT2D eigenvalue weighted by atomic mass is 16.4. The summed E-state index contributed by atoms with van der Waals surface area (Å²) in [6.45, 7) is 6.52. The first-order valence-corrected chi connectivity index (χ1v) is 5.00. The summed E-state index contributed by atoms with van der Waals surface area (Å²) in [6.07, 6.45) is 0.830. The monoisotopic (exact) mass is 201 g/mol. The third-order valence-electron chi connectivity index (χ3n) is 2.07. The van der Waals surface area contributed by atoms with Crippen molar-refractivity contribution in [2.45, 2.75) is 46.1 Å². The van der Waals surface area contributed by atoms with Crippen LogP contribution in [0.2, 0.25) is 0 Å². The maximum atomic E-state index is 11.5. The summed E-state index contributed by atoms with van der Waals surface area (Å²) in [4.78, 5) is 23.5. The fraction of sp³-hybridized carbons (Fsp3) is 0.800. The van der Waals surface area contributed by atoms with Crippen LogP contribution >= 0.6 is 0 Å².